The average Bonchev–Trinajstić information content (AvgIpc) is 3.18. The molecule has 124 valence electrons. The summed E-state index contributed by atoms with van der Waals surface area (Å²) in [6, 6.07) is 9.66. The number of nitrogens with one attached hydrogen (secondary N) is 1. The molecule has 1 aliphatic rings. The molecule has 0 bridgehead atoms. The Bertz CT molecular complexity index is 917. The molecular formula is C18H19N3O3. The molecule has 2 atom stereocenters. The molecule has 6 heteroatoms. The molecule has 3 heterocycles. The summed E-state index contributed by atoms with van der Waals surface area (Å²) in [7, 11) is 1.56. The molecule has 0 spiro atoms. The first-order chi connectivity index (χ1) is 11.6. The van der Waals surface area contributed by atoms with E-state index in [0.717, 1.165) is 33.5 Å². The number of aromatic nitrogens is 2. The molecule has 0 saturated heterocycles. The van der Waals surface area contributed by atoms with Gasteiger partial charge < -0.3 is 25.3 Å². The molecule has 0 fully saturated rings. The van der Waals surface area contributed by atoms with E-state index in [4.69, 9.17) is 15.2 Å². The van der Waals surface area contributed by atoms with Crippen molar-refractivity contribution in [2.24, 2.45) is 5.73 Å². The molecule has 1 aliphatic heterocycles. The highest BCUT2D eigenvalue weighted by Crippen LogP contribution is 2.39. The molecular weight excluding hydrogens is 306 g/mol. The number of H-pyrrole nitrogens is 1. The zero-order valence-electron chi connectivity index (χ0n) is 13.5. The van der Waals surface area contributed by atoms with Crippen LogP contribution in [-0.4, -0.2) is 28.8 Å². The second-order valence-corrected chi connectivity index (χ2v) is 6.04. The normalized spacial score (nSPS) is 17.6. The number of aliphatic hydroxyl groups excluding tert-OH is 1. The Kier molecular flexibility index (Phi) is 3.44. The van der Waals surface area contributed by atoms with Crippen LogP contribution in [0.3, 0.4) is 0 Å². The molecule has 1 unspecified atom stereocenters. The molecule has 0 aliphatic carbocycles. The van der Waals surface area contributed by atoms with Crippen molar-refractivity contribution in [3.05, 3.63) is 41.6 Å². The first-order valence-corrected chi connectivity index (χ1v) is 7.85. The Balaban J connectivity index is 1.87. The predicted molar refractivity (Wildman–Crippen MR) is 91.1 cm³/mol. The summed E-state index contributed by atoms with van der Waals surface area (Å²) >= 11 is 0. The Morgan fingerprint density at radius 1 is 1.38 bits per heavy atom. The SMILES string of the molecule is COc1cc(-c2cc3c4c(ccc3[nH]2)[C@H](N)CO4)cc(C(C)O)n1. The van der Waals surface area contributed by atoms with Crippen LogP contribution in [0.25, 0.3) is 22.2 Å². The zero-order valence-corrected chi connectivity index (χ0v) is 13.5. The van der Waals surface area contributed by atoms with Gasteiger partial charge in [-0.3, -0.25) is 0 Å². The molecule has 0 radical (unpaired) electrons. The molecule has 1 aromatic carbocycles. The fourth-order valence-corrected chi connectivity index (χ4v) is 3.07. The number of nitrogens with two attached hydrogens (primary N) is 1. The number of aliphatic hydroxyl groups is 1. The van der Waals surface area contributed by atoms with Crippen LogP contribution < -0.4 is 15.2 Å². The number of methoxy groups -OCH3 is 1. The van der Waals surface area contributed by atoms with Crippen LogP contribution in [-0.2, 0) is 0 Å². The standard InChI is InChI=1S/C18H19N3O3/c1-9(22)15-5-10(6-17(21-15)23-2)16-7-12-14(20-16)4-3-11-13(19)8-24-18(11)12/h3-7,9,13,20,22H,8,19H2,1-2H3/t9?,13-/m1/s1. The van der Waals surface area contributed by atoms with Gasteiger partial charge in [-0.1, -0.05) is 6.07 Å². The van der Waals surface area contributed by atoms with Crippen LogP contribution >= 0.6 is 0 Å². The lowest BCUT2D eigenvalue weighted by atomic mass is 10.1. The van der Waals surface area contributed by atoms with E-state index in [2.05, 4.69) is 9.97 Å². The Morgan fingerprint density at radius 3 is 2.96 bits per heavy atom. The molecule has 6 nitrogen and oxygen atoms in total. The van der Waals surface area contributed by atoms with Crippen molar-refractivity contribution in [1.29, 1.82) is 0 Å². The number of rotatable bonds is 3. The molecule has 0 amide bonds. The van der Waals surface area contributed by atoms with Crippen molar-refractivity contribution in [2.45, 2.75) is 19.1 Å². The number of nitrogens with zero attached hydrogens (tertiary/aromatic N) is 1. The quantitative estimate of drug-likeness (QED) is 0.688. The van der Waals surface area contributed by atoms with E-state index >= 15 is 0 Å². The van der Waals surface area contributed by atoms with E-state index in [1.807, 2.05) is 30.3 Å². The van der Waals surface area contributed by atoms with Crippen molar-refractivity contribution in [3.8, 4) is 22.9 Å². The third-order valence-electron chi connectivity index (χ3n) is 4.36. The van der Waals surface area contributed by atoms with Gasteiger partial charge in [-0.15, -0.1) is 0 Å². The highest BCUT2D eigenvalue weighted by molar-refractivity contribution is 5.92. The fourth-order valence-electron chi connectivity index (χ4n) is 3.07. The molecule has 4 N–H and O–H groups in total. The van der Waals surface area contributed by atoms with E-state index in [0.29, 0.717) is 18.2 Å². The highest BCUT2D eigenvalue weighted by Gasteiger charge is 2.23. The van der Waals surface area contributed by atoms with Gasteiger partial charge in [-0.25, -0.2) is 4.98 Å². The lowest BCUT2D eigenvalue weighted by molar-refractivity contribution is 0.193. The summed E-state index contributed by atoms with van der Waals surface area (Å²) < 4.78 is 11.0. The number of hydrogen-bond acceptors (Lipinski definition) is 5. The van der Waals surface area contributed by atoms with Crippen LogP contribution in [0.15, 0.2) is 30.3 Å². The number of hydrogen-bond donors (Lipinski definition) is 3. The molecule has 4 rings (SSSR count). The van der Waals surface area contributed by atoms with Crippen molar-refractivity contribution in [2.75, 3.05) is 13.7 Å². The third-order valence-corrected chi connectivity index (χ3v) is 4.36. The van der Waals surface area contributed by atoms with Gasteiger partial charge in [0, 0.05) is 33.8 Å². The maximum absolute atomic E-state index is 9.85. The van der Waals surface area contributed by atoms with Crippen molar-refractivity contribution in [1.82, 2.24) is 9.97 Å². The van der Waals surface area contributed by atoms with E-state index in [-0.39, 0.29) is 6.04 Å². The van der Waals surface area contributed by atoms with Gasteiger partial charge in [0.15, 0.2) is 0 Å². The van der Waals surface area contributed by atoms with Crippen LogP contribution in [0.1, 0.15) is 30.3 Å². The minimum atomic E-state index is -0.672. The Morgan fingerprint density at radius 2 is 2.21 bits per heavy atom. The second-order valence-electron chi connectivity index (χ2n) is 6.04. The summed E-state index contributed by atoms with van der Waals surface area (Å²) in [5, 5.41) is 10.9. The number of ether oxygens (including phenoxy) is 2. The zero-order chi connectivity index (χ0) is 16.8. The van der Waals surface area contributed by atoms with Gasteiger partial charge in [0.05, 0.1) is 24.9 Å². The molecule has 3 aromatic rings. The molecule has 24 heavy (non-hydrogen) atoms. The predicted octanol–water partition coefficient (Wildman–Crippen LogP) is 2.68. The maximum atomic E-state index is 9.85. The minimum absolute atomic E-state index is 0.0781. The van der Waals surface area contributed by atoms with Gasteiger partial charge in [0.2, 0.25) is 5.88 Å². The summed E-state index contributed by atoms with van der Waals surface area (Å²) in [6.07, 6.45) is -0.672. The van der Waals surface area contributed by atoms with Gasteiger partial charge in [0.25, 0.3) is 0 Å². The summed E-state index contributed by atoms with van der Waals surface area (Å²) in [6.45, 7) is 2.18. The van der Waals surface area contributed by atoms with E-state index in [9.17, 15) is 5.11 Å². The van der Waals surface area contributed by atoms with Gasteiger partial charge >= 0.3 is 0 Å². The monoisotopic (exact) mass is 325 g/mol. The highest BCUT2D eigenvalue weighted by atomic mass is 16.5. The van der Waals surface area contributed by atoms with Crippen LogP contribution in [0, 0.1) is 0 Å². The molecule has 2 aromatic heterocycles. The largest absolute Gasteiger partial charge is 0.491 e. The van der Waals surface area contributed by atoms with Crippen molar-refractivity contribution in [3.63, 3.8) is 0 Å². The maximum Gasteiger partial charge on any atom is 0.213 e. The van der Waals surface area contributed by atoms with Gasteiger partial charge in [-0.2, -0.15) is 0 Å². The summed E-state index contributed by atoms with van der Waals surface area (Å²) in [5.74, 6) is 1.31. The fraction of sp³-hybridized carbons (Fsp3) is 0.278. The number of benzene rings is 1. The lowest BCUT2D eigenvalue weighted by Crippen LogP contribution is -2.10. The van der Waals surface area contributed by atoms with Crippen molar-refractivity contribution < 1.29 is 14.6 Å². The number of aromatic amines is 1. The lowest BCUT2D eigenvalue weighted by Gasteiger charge is -2.09. The Labute approximate surface area is 139 Å². The minimum Gasteiger partial charge on any atom is -0.491 e. The number of pyridine rings is 1. The van der Waals surface area contributed by atoms with E-state index in [1.165, 1.54) is 0 Å². The van der Waals surface area contributed by atoms with Crippen LogP contribution in [0.5, 0.6) is 11.6 Å². The Hall–Kier alpha value is -2.57. The first-order valence-electron chi connectivity index (χ1n) is 7.85. The topological polar surface area (TPSA) is 93.4 Å². The second kappa shape index (κ2) is 5.51. The van der Waals surface area contributed by atoms with Gasteiger partial charge in [0.1, 0.15) is 12.4 Å². The number of fused-ring (bicyclic) bond motifs is 3. The summed E-state index contributed by atoms with van der Waals surface area (Å²) in [5.41, 5.74) is 10.4. The smallest absolute Gasteiger partial charge is 0.213 e. The average molecular weight is 325 g/mol. The first kappa shape index (κ1) is 15.0. The van der Waals surface area contributed by atoms with E-state index in [1.54, 1.807) is 14.0 Å². The van der Waals surface area contributed by atoms with Gasteiger partial charge in [-0.05, 0) is 25.1 Å². The van der Waals surface area contributed by atoms with Crippen LogP contribution in [0.4, 0.5) is 0 Å². The van der Waals surface area contributed by atoms with Crippen LogP contribution in [0.2, 0.25) is 0 Å². The summed E-state index contributed by atoms with van der Waals surface area (Å²) in [4.78, 5) is 7.66. The van der Waals surface area contributed by atoms with E-state index < -0.39 is 6.10 Å². The molecule has 0 saturated carbocycles. The third kappa shape index (κ3) is 2.31. The van der Waals surface area contributed by atoms with Crippen molar-refractivity contribution >= 4 is 10.9 Å².